The lowest BCUT2D eigenvalue weighted by Gasteiger charge is -2.12. The van der Waals surface area contributed by atoms with Crippen molar-refractivity contribution in [1.82, 2.24) is 0 Å². The first-order valence-corrected chi connectivity index (χ1v) is 13.2. The first-order valence-electron chi connectivity index (χ1n) is 13.2. The van der Waals surface area contributed by atoms with Gasteiger partial charge in [-0.2, -0.15) is 13.2 Å². The first kappa shape index (κ1) is 30.4. The van der Waals surface area contributed by atoms with E-state index in [-0.39, 0.29) is 24.8 Å². The van der Waals surface area contributed by atoms with E-state index in [0.29, 0.717) is 53.3 Å². The third-order valence-corrected chi connectivity index (χ3v) is 6.85. The number of alkyl halides is 3. The molecule has 2 nitrogen and oxygen atoms in total. The lowest BCUT2D eigenvalue weighted by molar-refractivity contribution is -0.153. The average molecular weight is 579 g/mol. The zero-order valence-electron chi connectivity index (χ0n) is 22.4. The summed E-state index contributed by atoms with van der Waals surface area (Å²) in [7, 11) is 1.57. The van der Waals surface area contributed by atoms with Crippen molar-refractivity contribution in [1.29, 1.82) is 0 Å². The molecule has 0 aromatic heterocycles. The molecule has 218 valence electrons. The molecule has 41 heavy (non-hydrogen) atoms. The Morgan fingerprint density at radius 2 is 1.32 bits per heavy atom. The monoisotopic (exact) mass is 578 g/mol. The zero-order valence-corrected chi connectivity index (χ0v) is 22.4. The molecule has 4 aromatic carbocycles. The summed E-state index contributed by atoms with van der Waals surface area (Å²) < 4.78 is 105. The predicted molar refractivity (Wildman–Crippen MR) is 143 cm³/mol. The van der Waals surface area contributed by atoms with Crippen molar-refractivity contribution in [3.63, 3.8) is 0 Å². The van der Waals surface area contributed by atoms with Gasteiger partial charge in [-0.05, 0) is 90.4 Å². The van der Waals surface area contributed by atoms with Crippen molar-refractivity contribution in [3.8, 4) is 5.75 Å². The number of fused-ring (bicyclic) bond motifs is 1. The maximum Gasteiger partial charge on any atom is 0.422 e. The minimum Gasteiger partial charge on any atom is -0.481 e. The Kier molecular flexibility index (Phi) is 9.91. The van der Waals surface area contributed by atoms with Crippen molar-refractivity contribution in [2.75, 3.05) is 20.3 Å². The van der Waals surface area contributed by atoms with Gasteiger partial charge in [-0.3, -0.25) is 0 Å². The van der Waals surface area contributed by atoms with E-state index in [2.05, 4.69) is 4.74 Å². The summed E-state index contributed by atoms with van der Waals surface area (Å²) in [5, 5.41) is 1.02. The van der Waals surface area contributed by atoms with Crippen molar-refractivity contribution < 1.29 is 40.2 Å². The number of methoxy groups -OCH3 is 1. The van der Waals surface area contributed by atoms with Crippen LogP contribution in [0.2, 0.25) is 0 Å². The van der Waals surface area contributed by atoms with Gasteiger partial charge in [-0.25, -0.2) is 17.6 Å². The molecule has 0 unspecified atom stereocenters. The van der Waals surface area contributed by atoms with Gasteiger partial charge in [-0.15, -0.1) is 0 Å². The topological polar surface area (TPSA) is 18.5 Å². The largest absolute Gasteiger partial charge is 0.481 e. The molecule has 0 bridgehead atoms. The maximum absolute atomic E-state index is 15.3. The maximum atomic E-state index is 15.3. The van der Waals surface area contributed by atoms with E-state index in [0.717, 1.165) is 17.7 Å². The Balaban J connectivity index is 1.39. The molecule has 4 rings (SSSR count). The van der Waals surface area contributed by atoms with Crippen LogP contribution in [-0.4, -0.2) is 26.5 Å². The van der Waals surface area contributed by atoms with Crippen molar-refractivity contribution in [3.05, 3.63) is 112 Å². The van der Waals surface area contributed by atoms with Crippen molar-refractivity contribution in [2.24, 2.45) is 0 Å². The fraction of sp³-hybridized carbons (Fsp3) is 0.312. The van der Waals surface area contributed by atoms with Gasteiger partial charge >= 0.3 is 6.18 Å². The van der Waals surface area contributed by atoms with Crippen LogP contribution in [0.25, 0.3) is 10.8 Å². The lowest BCUT2D eigenvalue weighted by atomic mass is 9.96. The molecule has 0 amide bonds. The molecule has 0 spiro atoms. The quantitative estimate of drug-likeness (QED) is 0.124. The third kappa shape index (κ3) is 8.22. The minimum absolute atomic E-state index is 0.0125. The Morgan fingerprint density at radius 3 is 2.00 bits per heavy atom. The van der Waals surface area contributed by atoms with Crippen LogP contribution >= 0.6 is 0 Å². The Morgan fingerprint density at radius 1 is 0.659 bits per heavy atom. The summed E-state index contributed by atoms with van der Waals surface area (Å²) in [4.78, 5) is 0. The molecule has 0 N–H and O–H groups in total. The van der Waals surface area contributed by atoms with Gasteiger partial charge in [0.05, 0.1) is 0 Å². The summed E-state index contributed by atoms with van der Waals surface area (Å²) in [5.41, 5.74) is 2.28. The normalized spacial score (nSPS) is 11.8. The summed E-state index contributed by atoms with van der Waals surface area (Å²) >= 11 is 0. The molecule has 0 atom stereocenters. The second-order valence-electron chi connectivity index (χ2n) is 9.90. The minimum atomic E-state index is -4.58. The summed E-state index contributed by atoms with van der Waals surface area (Å²) in [6.45, 7) is -1.08. The fourth-order valence-corrected chi connectivity index (χ4v) is 4.72. The fourth-order valence-electron chi connectivity index (χ4n) is 4.72. The molecular formula is C32H29F7O2. The average Bonchev–Trinajstić information content (AvgIpc) is 2.91. The number of hydrogen-bond acceptors (Lipinski definition) is 2. The van der Waals surface area contributed by atoms with Crippen LogP contribution in [0.15, 0.2) is 60.7 Å². The molecule has 0 fully saturated rings. The lowest BCUT2D eigenvalue weighted by Crippen LogP contribution is -2.19. The van der Waals surface area contributed by atoms with Crippen LogP contribution < -0.4 is 4.74 Å². The smallest absolute Gasteiger partial charge is 0.422 e. The molecule has 4 aromatic rings. The highest BCUT2D eigenvalue weighted by Gasteiger charge is 2.29. The van der Waals surface area contributed by atoms with Gasteiger partial charge in [0.15, 0.2) is 18.2 Å². The first-order chi connectivity index (χ1) is 19.5. The number of halogens is 7. The van der Waals surface area contributed by atoms with Crippen LogP contribution in [-0.2, 0) is 36.8 Å². The van der Waals surface area contributed by atoms with Gasteiger partial charge in [0, 0.05) is 24.7 Å². The van der Waals surface area contributed by atoms with Gasteiger partial charge in [0.25, 0.3) is 0 Å². The molecule has 0 aliphatic heterocycles. The molecule has 0 saturated heterocycles. The number of benzene rings is 4. The highest BCUT2D eigenvalue weighted by atomic mass is 19.4. The molecule has 0 aliphatic carbocycles. The van der Waals surface area contributed by atoms with Crippen LogP contribution in [0.3, 0.4) is 0 Å². The Hall–Kier alpha value is -3.59. The van der Waals surface area contributed by atoms with E-state index >= 15 is 4.39 Å². The third-order valence-electron chi connectivity index (χ3n) is 6.85. The van der Waals surface area contributed by atoms with E-state index in [1.165, 1.54) is 18.2 Å². The highest BCUT2D eigenvalue weighted by molar-refractivity contribution is 5.84. The van der Waals surface area contributed by atoms with Gasteiger partial charge in [-0.1, -0.05) is 36.4 Å². The molecule has 0 aliphatic rings. The SMILES string of the molecule is COCCCc1cc(F)c(CCc2ccc3c(F)c(CCc4ccc(OCC(F)(F)F)c(F)c4)ccc3c2)c(F)c1. The predicted octanol–water partition coefficient (Wildman–Crippen LogP) is 8.49. The molecular weight excluding hydrogens is 549 g/mol. The van der Waals surface area contributed by atoms with E-state index in [4.69, 9.17) is 4.74 Å². The van der Waals surface area contributed by atoms with E-state index in [1.807, 2.05) is 0 Å². The van der Waals surface area contributed by atoms with Gasteiger partial charge < -0.3 is 9.47 Å². The number of aryl methyl sites for hydroxylation is 4. The van der Waals surface area contributed by atoms with Crippen molar-refractivity contribution in [2.45, 2.75) is 44.7 Å². The summed E-state index contributed by atoms with van der Waals surface area (Å²) in [6.07, 6.45) is -2.37. The van der Waals surface area contributed by atoms with Crippen LogP contribution in [0.1, 0.15) is 34.2 Å². The standard InChI is InChI=1S/C32H29F7O2/c1-40-14-2-3-22-17-27(33)26(28(34)18-22)12-6-20-5-11-25-24(15-20)10-9-23(31(25)36)8-4-21-7-13-30(29(35)16-21)41-19-32(37,38)39/h5,7,9-11,13,15-18H,2-4,6,8,12,14,19H2,1H3. The van der Waals surface area contributed by atoms with E-state index in [1.54, 1.807) is 37.4 Å². The zero-order chi connectivity index (χ0) is 29.6. The van der Waals surface area contributed by atoms with Crippen LogP contribution in [0.4, 0.5) is 30.7 Å². The van der Waals surface area contributed by atoms with Crippen LogP contribution in [0.5, 0.6) is 5.75 Å². The Labute approximate surface area is 233 Å². The van der Waals surface area contributed by atoms with E-state index < -0.39 is 41.8 Å². The molecule has 0 saturated carbocycles. The van der Waals surface area contributed by atoms with Crippen molar-refractivity contribution >= 4 is 10.8 Å². The number of rotatable bonds is 12. The summed E-state index contributed by atoms with van der Waals surface area (Å²) in [5.74, 6) is -3.02. The molecule has 0 radical (unpaired) electrons. The molecule has 9 heteroatoms. The second-order valence-corrected chi connectivity index (χ2v) is 9.90. The summed E-state index contributed by atoms with van der Waals surface area (Å²) in [6, 6.07) is 14.9. The van der Waals surface area contributed by atoms with Crippen LogP contribution in [0, 0.1) is 23.3 Å². The van der Waals surface area contributed by atoms with Gasteiger partial charge in [0.1, 0.15) is 17.5 Å². The molecule has 0 heterocycles. The number of hydrogen-bond donors (Lipinski definition) is 0. The van der Waals surface area contributed by atoms with Gasteiger partial charge in [0.2, 0.25) is 0 Å². The number of ether oxygens (including phenoxy) is 2. The van der Waals surface area contributed by atoms with E-state index in [9.17, 15) is 26.3 Å². The Bertz CT molecular complexity index is 1470. The second kappa shape index (κ2) is 13.4. The highest BCUT2D eigenvalue weighted by Crippen LogP contribution is 2.27.